The molecule has 1 aromatic rings. The summed E-state index contributed by atoms with van der Waals surface area (Å²) in [7, 11) is 1.59. The number of carbonyl (C=O) groups is 2. The summed E-state index contributed by atoms with van der Waals surface area (Å²) in [6.07, 6.45) is 0.251. The first-order valence-electron chi connectivity index (χ1n) is 8.23. The SMILES string of the molecule is COc1cc(C)c(Cl)cc1CC(=O)N1CCN(C(=O)C(C)C)CC1. The molecule has 2 amide bonds. The highest BCUT2D eigenvalue weighted by Crippen LogP contribution is 2.27. The molecule has 132 valence electrons. The topological polar surface area (TPSA) is 49.9 Å². The van der Waals surface area contributed by atoms with Gasteiger partial charge in [-0.1, -0.05) is 25.4 Å². The molecule has 1 fully saturated rings. The second-order valence-electron chi connectivity index (χ2n) is 6.45. The lowest BCUT2D eigenvalue weighted by Gasteiger charge is -2.35. The van der Waals surface area contributed by atoms with E-state index >= 15 is 0 Å². The summed E-state index contributed by atoms with van der Waals surface area (Å²) in [4.78, 5) is 28.2. The molecule has 1 aromatic carbocycles. The van der Waals surface area contributed by atoms with Gasteiger partial charge in [-0.3, -0.25) is 9.59 Å². The van der Waals surface area contributed by atoms with Crippen molar-refractivity contribution in [2.24, 2.45) is 5.92 Å². The van der Waals surface area contributed by atoms with E-state index in [2.05, 4.69) is 0 Å². The maximum atomic E-state index is 12.6. The molecule has 0 radical (unpaired) electrons. The Labute approximate surface area is 148 Å². The molecule has 6 heteroatoms. The molecular weight excluding hydrogens is 328 g/mol. The van der Waals surface area contributed by atoms with Gasteiger partial charge in [-0.2, -0.15) is 0 Å². The van der Waals surface area contributed by atoms with Crippen molar-refractivity contribution in [3.63, 3.8) is 0 Å². The number of hydrogen-bond donors (Lipinski definition) is 0. The van der Waals surface area contributed by atoms with Crippen LogP contribution in [0.4, 0.5) is 0 Å². The Morgan fingerprint density at radius 1 is 1.17 bits per heavy atom. The Balaban J connectivity index is 2.00. The van der Waals surface area contributed by atoms with E-state index in [9.17, 15) is 9.59 Å². The van der Waals surface area contributed by atoms with E-state index in [0.29, 0.717) is 37.0 Å². The quantitative estimate of drug-likeness (QED) is 0.836. The van der Waals surface area contributed by atoms with Crippen molar-refractivity contribution in [2.45, 2.75) is 27.2 Å². The van der Waals surface area contributed by atoms with E-state index in [-0.39, 0.29) is 24.2 Å². The second kappa shape index (κ2) is 7.88. The minimum absolute atomic E-state index is 0.00814. The van der Waals surface area contributed by atoms with Gasteiger partial charge in [-0.25, -0.2) is 0 Å². The summed E-state index contributed by atoms with van der Waals surface area (Å²) in [5, 5.41) is 0.631. The zero-order valence-corrected chi connectivity index (χ0v) is 15.5. The lowest BCUT2D eigenvalue weighted by Crippen LogP contribution is -2.51. The van der Waals surface area contributed by atoms with Gasteiger partial charge in [0.05, 0.1) is 13.5 Å². The number of rotatable bonds is 4. The van der Waals surface area contributed by atoms with Crippen LogP contribution in [0.5, 0.6) is 5.75 Å². The van der Waals surface area contributed by atoms with Crippen molar-refractivity contribution in [1.29, 1.82) is 0 Å². The van der Waals surface area contributed by atoms with Crippen molar-refractivity contribution in [2.75, 3.05) is 33.3 Å². The third-order valence-electron chi connectivity index (χ3n) is 4.34. The Morgan fingerprint density at radius 3 is 2.29 bits per heavy atom. The predicted molar refractivity (Wildman–Crippen MR) is 94.4 cm³/mol. The second-order valence-corrected chi connectivity index (χ2v) is 6.86. The van der Waals surface area contributed by atoms with Crippen LogP contribution in [-0.2, 0) is 16.0 Å². The molecule has 1 saturated heterocycles. The van der Waals surface area contributed by atoms with Gasteiger partial charge in [-0.15, -0.1) is 0 Å². The Bertz CT molecular complexity index is 623. The molecule has 0 saturated carbocycles. The number of piperazine rings is 1. The molecule has 0 atom stereocenters. The van der Waals surface area contributed by atoms with Crippen LogP contribution in [0.25, 0.3) is 0 Å². The summed E-state index contributed by atoms with van der Waals surface area (Å²) < 4.78 is 5.36. The first-order valence-corrected chi connectivity index (χ1v) is 8.60. The van der Waals surface area contributed by atoms with E-state index in [4.69, 9.17) is 16.3 Å². The van der Waals surface area contributed by atoms with Gasteiger partial charge in [0, 0.05) is 42.7 Å². The predicted octanol–water partition coefficient (Wildman–Crippen LogP) is 2.53. The lowest BCUT2D eigenvalue weighted by atomic mass is 10.1. The molecule has 0 bridgehead atoms. The smallest absolute Gasteiger partial charge is 0.227 e. The highest BCUT2D eigenvalue weighted by Gasteiger charge is 2.25. The molecule has 1 aliphatic heterocycles. The standard InChI is InChI=1S/C18H25ClN2O3/c1-12(2)18(23)21-7-5-20(6-8-21)17(22)11-14-10-15(19)13(3)9-16(14)24-4/h9-10,12H,5-8,11H2,1-4H3. The summed E-state index contributed by atoms with van der Waals surface area (Å²) in [6, 6.07) is 3.65. The molecule has 1 heterocycles. The maximum Gasteiger partial charge on any atom is 0.227 e. The number of carbonyl (C=O) groups excluding carboxylic acids is 2. The van der Waals surface area contributed by atoms with Crippen LogP contribution in [0.1, 0.15) is 25.0 Å². The van der Waals surface area contributed by atoms with E-state index in [0.717, 1.165) is 11.1 Å². The van der Waals surface area contributed by atoms with Gasteiger partial charge < -0.3 is 14.5 Å². The molecule has 0 spiro atoms. The number of halogens is 1. The van der Waals surface area contributed by atoms with E-state index in [1.54, 1.807) is 18.1 Å². The zero-order chi connectivity index (χ0) is 17.9. The molecule has 0 aromatic heterocycles. The molecule has 0 N–H and O–H groups in total. The molecule has 1 aliphatic rings. The summed E-state index contributed by atoms with van der Waals surface area (Å²) in [6.45, 7) is 8.02. The fourth-order valence-electron chi connectivity index (χ4n) is 2.84. The Morgan fingerprint density at radius 2 is 1.75 bits per heavy atom. The number of nitrogens with zero attached hydrogens (tertiary/aromatic N) is 2. The summed E-state index contributed by atoms with van der Waals surface area (Å²) in [5.74, 6) is 0.851. The van der Waals surface area contributed by atoms with E-state index in [1.165, 1.54) is 0 Å². The van der Waals surface area contributed by atoms with Gasteiger partial charge >= 0.3 is 0 Å². The van der Waals surface area contributed by atoms with Crippen LogP contribution in [0, 0.1) is 12.8 Å². The number of aryl methyl sites for hydroxylation is 1. The van der Waals surface area contributed by atoms with Crippen molar-refractivity contribution in [1.82, 2.24) is 9.80 Å². The summed E-state index contributed by atoms with van der Waals surface area (Å²) >= 11 is 6.17. The fourth-order valence-corrected chi connectivity index (χ4v) is 3.03. The van der Waals surface area contributed by atoms with Gasteiger partial charge in [0.15, 0.2) is 0 Å². The monoisotopic (exact) mass is 352 g/mol. The lowest BCUT2D eigenvalue weighted by molar-refractivity contribution is -0.141. The first-order chi connectivity index (χ1) is 11.3. The van der Waals surface area contributed by atoms with Crippen molar-refractivity contribution < 1.29 is 14.3 Å². The minimum Gasteiger partial charge on any atom is -0.496 e. The molecule has 24 heavy (non-hydrogen) atoms. The van der Waals surface area contributed by atoms with E-state index in [1.807, 2.05) is 31.7 Å². The van der Waals surface area contributed by atoms with Crippen LogP contribution >= 0.6 is 11.6 Å². The van der Waals surface area contributed by atoms with Crippen LogP contribution in [0.2, 0.25) is 5.02 Å². The van der Waals surface area contributed by atoms with Gasteiger partial charge in [-0.05, 0) is 24.6 Å². The number of benzene rings is 1. The third kappa shape index (κ3) is 4.20. The highest BCUT2D eigenvalue weighted by atomic mass is 35.5. The average molecular weight is 353 g/mol. The fraction of sp³-hybridized carbons (Fsp3) is 0.556. The maximum absolute atomic E-state index is 12.6. The number of methoxy groups -OCH3 is 1. The molecule has 0 aliphatic carbocycles. The van der Waals surface area contributed by atoms with Crippen LogP contribution < -0.4 is 4.74 Å². The molecule has 5 nitrogen and oxygen atoms in total. The van der Waals surface area contributed by atoms with Crippen molar-refractivity contribution in [3.8, 4) is 5.75 Å². The minimum atomic E-state index is -0.00814. The molecule has 0 unspecified atom stereocenters. The molecular formula is C18H25ClN2O3. The third-order valence-corrected chi connectivity index (χ3v) is 4.75. The molecule has 2 rings (SSSR count). The van der Waals surface area contributed by atoms with Gasteiger partial charge in [0.25, 0.3) is 0 Å². The van der Waals surface area contributed by atoms with Crippen LogP contribution in [0.3, 0.4) is 0 Å². The van der Waals surface area contributed by atoms with Crippen molar-refractivity contribution in [3.05, 3.63) is 28.3 Å². The number of hydrogen-bond acceptors (Lipinski definition) is 3. The number of amides is 2. The first kappa shape index (κ1) is 18.6. The largest absolute Gasteiger partial charge is 0.496 e. The number of ether oxygens (including phenoxy) is 1. The van der Waals surface area contributed by atoms with Crippen molar-refractivity contribution >= 4 is 23.4 Å². The normalized spacial score (nSPS) is 14.9. The van der Waals surface area contributed by atoms with Gasteiger partial charge in [0.1, 0.15) is 5.75 Å². The Kier molecular flexibility index (Phi) is 6.10. The Hall–Kier alpha value is -1.75. The van der Waals surface area contributed by atoms with Gasteiger partial charge in [0.2, 0.25) is 11.8 Å². The summed E-state index contributed by atoms with van der Waals surface area (Å²) in [5.41, 5.74) is 1.71. The highest BCUT2D eigenvalue weighted by molar-refractivity contribution is 6.31. The van der Waals surface area contributed by atoms with E-state index < -0.39 is 0 Å². The average Bonchev–Trinajstić information content (AvgIpc) is 2.57. The van der Waals surface area contributed by atoms with Crippen LogP contribution in [0.15, 0.2) is 12.1 Å². The van der Waals surface area contributed by atoms with Crippen LogP contribution in [-0.4, -0.2) is 54.9 Å². The zero-order valence-electron chi connectivity index (χ0n) is 14.8.